The van der Waals surface area contributed by atoms with Crippen LogP contribution >= 0.6 is 12.6 Å². The number of aromatic nitrogens is 2. The van der Waals surface area contributed by atoms with Gasteiger partial charge in [0.2, 0.25) is 0 Å². The Morgan fingerprint density at radius 3 is 2.42 bits per heavy atom. The highest BCUT2D eigenvalue weighted by molar-refractivity contribution is 7.81. The van der Waals surface area contributed by atoms with Crippen molar-refractivity contribution < 1.29 is 32.7 Å². The number of nitrogens with one attached hydrogen (secondary N) is 1. The molecule has 2 aromatic carbocycles. The standard InChI is InChI=1S/C26H23F3N4O4S/c1-2-32-22-18(19(24(36)37)31-33(22)17-9-4-3-5-10-17)25(38,15-11-12-15)20(23(32)35)30-21(34)14-7-6-8-16(13-14)26(27,28)29/h3-10,13,15,20,38H,2,11-12H2,1H3,(H,30,34)(H,36,37)/t20-,25+/m1/s1. The van der Waals surface area contributed by atoms with E-state index in [0.717, 1.165) is 12.1 Å². The Balaban J connectivity index is 1.66. The van der Waals surface area contributed by atoms with Gasteiger partial charge in [0.25, 0.3) is 11.8 Å². The van der Waals surface area contributed by atoms with Crippen LogP contribution in [0, 0.1) is 5.92 Å². The molecule has 5 rings (SSSR count). The molecule has 0 unspecified atom stereocenters. The highest BCUT2D eigenvalue weighted by Gasteiger charge is 2.60. The minimum absolute atomic E-state index is 0.119. The van der Waals surface area contributed by atoms with Gasteiger partial charge in [-0.2, -0.15) is 30.9 Å². The SMILES string of the molecule is CCN1C(=O)[C@@H](NC(=O)c2cccc(C(F)(F)F)c2)[C@](S)(C2CC2)c2c(C(=O)O)nn(-c3ccccc3)c21. The number of aromatic carboxylic acids is 1. The molecule has 1 saturated carbocycles. The minimum Gasteiger partial charge on any atom is -0.476 e. The van der Waals surface area contributed by atoms with Crippen LogP contribution in [0.5, 0.6) is 0 Å². The number of nitrogens with zero attached hydrogens (tertiary/aromatic N) is 3. The number of hydrogen-bond acceptors (Lipinski definition) is 5. The second-order valence-corrected chi connectivity index (χ2v) is 10.0. The Morgan fingerprint density at radius 1 is 1.16 bits per heavy atom. The number of carbonyl (C=O) groups is 3. The molecular weight excluding hydrogens is 521 g/mol. The Labute approximate surface area is 220 Å². The number of likely N-dealkylation sites (N-methyl/N-ethyl adjacent to an activating group) is 1. The van der Waals surface area contributed by atoms with Crippen LogP contribution in [-0.4, -0.2) is 45.3 Å². The van der Waals surface area contributed by atoms with Gasteiger partial charge >= 0.3 is 12.1 Å². The molecule has 0 bridgehead atoms. The van der Waals surface area contributed by atoms with Crippen LogP contribution < -0.4 is 10.2 Å². The van der Waals surface area contributed by atoms with E-state index in [-0.39, 0.29) is 35.1 Å². The molecule has 38 heavy (non-hydrogen) atoms. The topological polar surface area (TPSA) is 105 Å². The first-order chi connectivity index (χ1) is 18.0. The van der Waals surface area contributed by atoms with E-state index in [2.05, 4.69) is 10.4 Å². The normalized spacial score (nSPS) is 21.2. The maximum absolute atomic E-state index is 13.9. The van der Waals surface area contributed by atoms with Gasteiger partial charge < -0.3 is 10.4 Å². The monoisotopic (exact) mass is 544 g/mol. The molecule has 2 aliphatic rings. The van der Waals surface area contributed by atoms with E-state index in [1.807, 2.05) is 0 Å². The molecule has 0 radical (unpaired) electrons. The number of carbonyl (C=O) groups excluding carboxylic acids is 2. The molecule has 0 saturated heterocycles. The lowest BCUT2D eigenvalue weighted by molar-refractivity contribution is -0.137. The van der Waals surface area contributed by atoms with Gasteiger partial charge in [-0.3, -0.25) is 14.5 Å². The van der Waals surface area contributed by atoms with Crippen LogP contribution in [0.4, 0.5) is 19.0 Å². The summed E-state index contributed by atoms with van der Waals surface area (Å²) < 4.78 is 39.7. The van der Waals surface area contributed by atoms with E-state index in [4.69, 9.17) is 12.6 Å². The van der Waals surface area contributed by atoms with Crippen molar-refractivity contribution in [1.29, 1.82) is 0 Å². The highest BCUT2D eigenvalue weighted by atomic mass is 32.1. The molecule has 0 spiro atoms. The first-order valence-corrected chi connectivity index (χ1v) is 12.4. The molecule has 2 atom stereocenters. The Morgan fingerprint density at radius 2 is 1.84 bits per heavy atom. The number of carboxylic acid groups (broad SMARTS) is 1. The summed E-state index contributed by atoms with van der Waals surface area (Å²) >= 11 is 4.90. The van der Waals surface area contributed by atoms with Gasteiger partial charge in [0.1, 0.15) is 11.9 Å². The Bertz CT molecular complexity index is 1440. The van der Waals surface area contributed by atoms with Crippen LogP contribution in [-0.2, 0) is 15.7 Å². The van der Waals surface area contributed by atoms with E-state index < -0.39 is 40.3 Å². The summed E-state index contributed by atoms with van der Waals surface area (Å²) in [5, 5.41) is 17.0. The van der Waals surface area contributed by atoms with Crippen molar-refractivity contribution in [3.8, 4) is 5.69 Å². The first-order valence-electron chi connectivity index (χ1n) is 11.9. The van der Waals surface area contributed by atoms with Crippen molar-refractivity contribution in [3.05, 3.63) is 77.0 Å². The van der Waals surface area contributed by atoms with E-state index >= 15 is 0 Å². The first kappa shape index (κ1) is 25.8. The number of halogens is 3. The van der Waals surface area contributed by atoms with Crippen molar-refractivity contribution >= 4 is 36.2 Å². The predicted octanol–water partition coefficient (Wildman–Crippen LogP) is 4.29. The zero-order chi connectivity index (χ0) is 27.4. The number of anilines is 1. The summed E-state index contributed by atoms with van der Waals surface area (Å²) in [7, 11) is 0. The molecule has 198 valence electrons. The lowest BCUT2D eigenvalue weighted by Gasteiger charge is -2.44. The molecule has 2 N–H and O–H groups in total. The van der Waals surface area contributed by atoms with Gasteiger partial charge in [0.15, 0.2) is 5.69 Å². The molecular formula is C26H23F3N4O4S. The zero-order valence-corrected chi connectivity index (χ0v) is 21.0. The van der Waals surface area contributed by atoms with Crippen LogP contribution in [0.2, 0.25) is 0 Å². The van der Waals surface area contributed by atoms with E-state index in [9.17, 15) is 32.7 Å². The summed E-state index contributed by atoms with van der Waals surface area (Å²) in [5.74, 6) is -2.82. The van der Waals surface area contributed by atoms with Gasteiger partial charge in [0.05, 0.1) is 16.0 Å². The molecule has 1 aliphatic carbocycles. The third-order valence-electron chi connectivity index (χ3n) is 6.92. The van der Waals surface area contributed by atoms with Crippen LogP contribution in [0.15, 0.2) is 54.6 Å². The molecule has 3 aromatic rings. The summed E-state index contributed by atoms with van der Waals surface area (Å²) in [6.45, 7) is 1.81. The van der Waals surface area contributed by atoms with Crippen molar-refractivity contribution in [1.82, 2.24) is 15.1 Å². The van der Waals surface area contributed by atoms with Crippen molar-refractivity contribution in [2.75, 3.05) is 11.4 Å². The molecule has 1 aliphatic heterocycles. The fourth-order valence-corrected chi connectivity index (χ4v) is 5.65. The predicted molar refractivity (Wildman–Crippen MR) is 135 cm³/mol. The number of hydrogen-bond donors (Lipinski definition) is 3. The zero-order valence-electron chi connectivity index (χ0n) is 20.1. The smallest absolute Gasteiger partial charge is 0.416 e. The summed E-state index contributed by atoms with van der Waals surface area (Å²) in [6.07, 6.45) is -3.42. The number of rotatable bonds is 6. The largest absolute Gasteiger partial charge is 0.476 e. The minimum atomic E-state index is -4.66. The lowest BCUT2D eigenvalue weighted by atomic mass is 9.81. The highest BCUT2D eigenvalue weighted by Crippen LogP contribution is 2.58. The van der Waals surface area contributed by atoms with Crippen LogP contribution in [0.1, 0.15) is 51.7 Å². The molecule has 2 amide bonds. The third kappa shape index (κ3) is 4.12. The van der Waals surface area contributed by atoms with Crippen molar-refractivity contribution in [2.24, 2.45) is 5.92 Å². The number of alkyl halides is 3. The van der Waals surface area contributed by atoms with E-state index in [1.165, 1.54) is 15.6 Å². The maximum Gasteiger partial charge on any atom is 0.416 e. The van der Waals surface area contributed by atoms with E-state index in [1.54, 1.807) is 37.3 Å². The van der Waals surface area contributed by atoms with Gasteiger partial charge in [0, 0.05) is 17.7 Å². The number of para-hydroxylation sites is 1. The van der Waals surface area contributed by atoms with Gasteiger partial charge in [-0.1, -0.05) is 24.3 Å². The fraction of sp³-hybridized carbons (Fsp3) is 0.308. The van der Waals surface area contributed by atoms with Gasteiger partial charge in [-0.15, -0.1) is 0 Å². The maximum atomic E-state index is 13.9. The molecule has 2 heterocycles. The molecule has 12 heteroatoms. The number of amides is 2. The van der Waals surface area contributed by atoms with Crippen molar-refractivity contribution in [3.63, 3.8) is 0 Å². The number of benzene rings is 2. The third-order valence-corrected chi connectivity index (χ3v) is 7.76. The lowest BCUT2D eigenvalue weighted by Crippen LogP contribution is -2.62. The second-order valence-electron chi connectivity index (χ2n) is 9.27. The summed E-state index contributed by atoms with van der Waals surface area (Å²) in [6, 6.07) is 11.2. The molecule has 1 aromatic heterocycles. The molecule has 1 fully saturated rings. The second kappa shape index (κ2) is 9.19. The number of fused-ring (bicyclic) bond motifs is 1. The summed E-state index contributed by atoms with van der Waals surface area (Å²) in [4.78, 5) is 40.8. The fourth-order valence-electron chi connectivity index (χ4n) is 5.01. The summed E-state index contributed by atoms with van der Waals surface area (Å²) in [5.41, 5.74) is -0.883. The van der Waals surface area contributed by atoms with Gasteiger partial charge in [-0.05, 0) is 56.0 Å². The molecule has 8 nitrogen and oxygen atoms in total. The van der Waals surface area contributed by atoms with Gasteiger partial charge in [-0.25, -0.2) is 9.48 Å². The van der Waals surface area contributed by atoms with Crippen LogP contribution in [0.25, 0.3) is 5.69 Å². The van der Waals surface area contributed by atoms with E-state index in [0.29, 0.717) is 24.6 Å². The average molecular weight is 545 g/mol. The average Bonchev–Trinajstić information content (AvgIpc) is 3.67. The number of carboxylic acids is 1. The van der Waals surface area contributed by atoms with Crippen LogP contribution in [0.3, 0.4) is 0 Å². The number of thiol groups is 1. The quantitative estimate of drug-likeness (QED) is 0.402. The van der Waals surface area contributed by atoms with Crippen molar-refractivity contribution in [2.45, 2.75) is 36.7 Å². The Kier molecular flexibility index (Phi) is 6.25. The Hall–Kier alpha value is -3.80.